The number of carbonyl (C=O) groups excluding carboxylic acids is 1. The van der Waals surface area contributed by atoms with Gasteiger partial charge < -0.3 is 19.5 Å². The van der Waals surface area contributed by atoms with Gasteiger partial charge in [-0.3, -0.25) is 9.69 Å². The number of benzene rings is 1. The van der Waals surface area contributed by atoms with Crippen LogP contribution in [0.25, 0.3) is 0 Å². The average molecular weight is 364 g/mol. The highest BCUT2D eigenvalue weighted by Gasteiger charge is 2.25. The molecule has 0 aliphatic carbocycles. The lowest BCUT2D eigenvalue weighted by Gasteiger charge is -2.39. The van der Waals surface area contributed by atoms with E-state index < -0.39 is 0 Å². The molecule has 0 spiro atoms. The van der Waals surface area contributed by atoms with Crippen LogP contribution in [0.15, 0.2) is 18.2 Å². The first-order valence-electron chi connectivity index (χ1n) is 9.30. The summed E-state index contributed by atoms with van der Waals surface area (Å²) in [6, 6.07) is 6.06. The molecular weight excluding hydrogens is 332 g/mol. The van der Waals surface area contributed by atoms with Crippen molar-refractivity contribution in [3.05, 3.63) is 23.8 Å². The molecule has 0 aromatic heterocycles. The number of aryl methyl sites for hydroxylation is 1. The van der Waals surface area contributed by atoms with E-state index in [1.54, 1.807) is 14.2 Å². The maximum Gasteiger partial charge on any atom is 0.220 e. The molecule has 1 heterocycles. The van der Waals surface area contributed by atoms with Gasteiger partial charge in [0.1, 0.15) is 0 Å². The summed E-state index contributed by atoms with van der Waals surface area (Å²) in [7, 11) is 3.23. The minimum absolute atomic E-state index is 0.0704. The average Bonchev–Trinajstić information content (AvgIpc) is 2.63. The number of ether oxygens (including phenoxy) is 3. The number of hydrogen-bond donors (Lipinski definition) is 1. The monoisotopic (exact) mass is 364 g/mol. The van der Waals surface area contributed by atoms with Crippen molar-refractivity contribution in [2.45, 2.75) is 51.9 Å². The van der Waals surface area contributed by atoms with E-state index in [1.807, 2.05) is 18.2 Å². The molecule has 1 amide bonds. The lowest BCUT2D eigenvalue weighted by molar-refractivity contribution is -0.121. The standard InChI is InChI=1S/C20H32N2O4/c1-14(22-12-15(2)26-16(3)13-22)11-21-20(23)9-7-17-6-8-18(24-4)19(10-17)25-5/h6,8,10,14-16H,7,9,11-13H2,1-5H3,(H,21,23). The third kappa shape index (κ3) is 5.88. The highest BCUT2D eigenvalue weighted by Crippen LogP contribution is 2.27. The predicted octanol–water partition coefficient (Wildman–Crippen LogP) is 2.25. The molecule has 0 bridgehead atoms. The second-order valence-corrected chi connectivity index (χ2v) is 7.05. The van der Waals surface area contributed by atoms with E-state index in [4.69, 9.17) is 14.2 Å². The molecule has 1 saturated heterocycles. The summed E-state index contributed by atoms with van der Waals surface area (Å²) in [5.41, 5.74) is 1.06. The van der Waals surface area contributed by atoms with Crippen LogP contribution in [0.4, 0.5) is 0 Å². The Hall–Kier alpha value is -1.79. The first kappa shape index (κ1) is 20.5. The van der Waals surface area contributed by atoms with Crippen LogP contribution in [0.3, 0.4) is 0 Å². The van der Waals surface area contributed by atoms with Crippen molar-refractivity contribution in [1.82, 2.24) is 10.2 Å². The largest absolute Gasteiger partial charge is 0.493 e. The third-order valence-electron chi connectivity index (χ3n) is 4.75. The van der Waals surface area contributed by atoms with Crippen molar-refractivity contribution < 1.29 is 19.0 Å². The second kappa shape index (κ2) is 9.78. The second-order valence-electron chi connectivity index (χ2n) is 7.05. The summed E-state index contributed by atoms with van der Waals surface area (Å²) in [5, 5.41) is 3.05. The molecule has 1 aliphatic rings. The van der Waals surface area contributed by atoms with Crippen LogP contribution in [0, 0.1) is 0 Å². The molecule has 6 nitrogen and oxygen atoms in total. The number of rotatable bonds is 8. The summed E-state index contributed by atoms with van der Waals surface area (Å²) in [4.78, 5) is 14.6. The number of carbonyl (C=O) groups is 1. The van der Waals surface area contributed by atoms with Crippen molar-refractivity contribution in [2.75, 3.05) is 33.9 Å². The number of hydrogen-bond acceptors (Lipinski definition) is 5. The lowest BCUT2D eigenvalue weighted by Crippen LogP contribution is -2.52. The quantitative estimate of drug-likeness (QED) is 0.767. The van der Waals surface area contributed by atoms with E-state index in [0.29, 0.717) is 36.9 Å². The molecule has 0 radical (unpaired) electrons. The van der Waals surface area contributed by atoms with Gasteiger partial charge in [0.2, 0.25) is 5.91 Å². The van der Waals surface area contributed by atoms with E-state index in [9.17, 15) is 4.79 Å². The molecule has 1 aromatic carbocycles. The fourth-order valence-corrected chi connectivity index (χ4v) is 3.35. The summed E-state index contributed by atoms with van der Waals surface area (Å²) in [6.07, 6.45) is 1.61. The predicted molar refractivity (Wildman–Crippen MR) is 102 cm³/mol. The fraction of sp³-hybridized carbons (Fsp3) is 0.650. The first-order chi connectivity index (χ1) is 12.4. The Morgan fingerprint density at radius 2 is 1.88 bits per heavy atom. The minimum atomic E-state index is 0.0704. The van der Waals surface area contributed by atoms with Gasteiger partial charge in [0.15, 0.2) is 11.5 Å². The molecule has 26 heavy (non-hydrogen) atoms. The van der Waals surface area contributed by atoms with Gasteiger partial charge in [-0.15, -0.1) is 0 Å². The van der Waals surface area contributed by atoms with Crippen LogP contribution in [-0.2, 0) is 16.0 Å². The minimum Gasteiger partial charge on any atom is -0.493 e. The molecule has 3 atom stereocenters. The van der Waals surface area contributed by atoms with E-state index in [-0.39, 0.29) is 18.1 Å². The van der Waals surface area contributed by atoms with Gasteiger partial charge >= 0.3 is 0 Å². The van der Waals surface area contributed by atoms with Crippen LogP contribution in [0.1, 0.15) is 32.8 Å². The van der Waals surface area contributed by atoms with Crippen LogP contribution >= 0.6 is 0 Å². The van der Waals surface area contributed by atoms with Gasteiger partial charge in [-0.1, -0.05) is 6.07 Å². The lowest BCUT2D eigenvalue weighted by atomic mass is 10.1. The Bertz CT molecular complexity index is 583. The molecule has 1 aliphatic heterocycles. The molecule has 3 unspecified atom stereocenters. The molecule has 1 fully saturated rings. The van der Waals surface area contributed by atoms with Crippen molar-refractivity contribution in [1.29, 1.82) is 0 Å². The van der Waals surface area contributed by atoms with Crippen molar-refractivity contribution >= 4 is 5.91 Å². The van der Waals surface area contributed by atoms with E-state index >= 15 is 0 Å². The Balaban J connectivity index is 1.76. The number of nitrogens with one attached hydrogen (secondary N) is 1. The summed E-state index contributed by atoms with van der Waals surface area (Å²) < 4.78 is 16.3. The smallest absolute Gasteiger partial charge is 0.220 e. The number of amides is 1. The van der Waals surface area contributed by atoms with Crippen LogP contribution < -0.4 is 14.8 Å². The molecular formula is C20H32N2O4. The summed E-state index contributed by atoms with van der Waals surface area (Å²) in [5.74, 6) is 1.46. The zero-order valence-electron chi connectivity index (χ0n) is 16.6. The number of nitrogens with zero attached hydrogens (tertiary/aromatic N) is 1. The first-order valence-corrected chi connectivity index (χ1v) is 9.30. The Morgan fingerprint density at radius 3 is 2.50 bits per heavy atom. The fourth-order valence-electron chi connectivity index (χ4n) is 3.35. The topological polar surface area (TPSA) is 60.0 Å². The number of morpholine rings is 1. The third-order valence-corrected chi connectivity index (χ3v) is 4.75. The maximum absolute atomic E-state index is 12.2. The van der Waals surface area contributed by atoms with Crippen molar-refractivity contribution in [3.8, 4) is 11.5 Å². The van der Waals surface area contributed by atoms with Crippen LogP contribution in [0.5, 0.6) is 11.5 Å². The zero-order valence-corrected chi connectivity index (χ0v) is 16.6. The Labute approximate surface area is 156 Å². The van der Waals surface area contributed by atoms with E-state index in [1.165, 1.54) is 0 Å². The molecule has 1 aromatic rings. The number of methoxy groups -OCH3 is 2. The molecule has 0 saturated carbocycles. The Kier molecular flexibility index (Phi) is 7.72. The van der Waals surface area contributed by atoms with Crippen molar-refractivity contribution in [3.63, 3.8) is 0 Å². The van der Waals surface area contributed by atoms with Gasteiger partial charge in [-0.2, -0.15) is 0 Å². The molecule has 2 rings (SSSR count). The van der Waals surface area contributed by atoms with Crippen LogP contribution in [-0.4, -0.2) is 62.9 Å². The summed E-state index contributed by atoms with van der Waals surface area (Å²) >= 11 is 0. The van der Waals surface area contributed by atoms with Gasteiger partial charge in [0, 0.05) is 32.1 Å². The zero-order chi connectivity index (χ0) is 19.1. The molecule has 146 valence electrons. The Morgan fingerprint density at radius 1 is 1.23 bits per heavy atom. The van der Waals surface area contributed by atoms with E-state index in [0.717, 1.165) is 18.7 Å². The summed E-state index contributed by atoms with van der Waals surface area (Å²) in [6.45, 7) is 8.82. The van der Waals surface area contributed by atoms with Gasteiger partial charge in [0.05, 0.1) is 26.4 Å². The van der Waals surface area contributed by atoms with Crippen LogP contribution in [0.2, 0.25) is 0 Å². The highest BCUT2D eigenvalue weighted by molar-refractivity contribution is 5.76. The van der Waals surface area contributed by atoms with Crippen molar-refractivity contribution in [2.24, 2.45) is 0 Å². The molecule has 1 N–H and O–H groups in total. The van der Waals surface area contributed by atoms with Gasteiger partial charge in [-0.05, 0) is 44.9 Å². The highest BCUT2D eigenvalue weighted by atomic mass is 16.5. The van der Waals surface area contributed by atoms with E-state index in [2.05, 4.69) is 31.0 Å². The SMILES string of the molecule is COc1ccc(CCC(=O)NCC(C)N2CC(C)OC(C)C2)cc1OC. The van der Waals surface area contributed by atoms with Gasteiger partial charge in [0.25, 0.3) is 0 Å². The van der Waals surface area contributed by atoms with Gasteiger partial charge in [-0.25, -0.2) is 0 Å². The maximum atomic E-state index is 12.2. The molecule has 6 heteroatoms. The normalized spacial score (nSPS) is 21.9.